The van der Waals surface area contributed by atoms with E-state index in [1.165, 1.54) is 44.5 Å². The lowest BCUT2D eigenvalue weighted by molar-refractivity contribution is 1.26. The molecule has 25 heavy (non-hydrogen) atoms. The predicted octanol–water partition coefficient (Wildman–Crippen LogP) is 6.59. The molecule has 0 spiro atoms. The SMILES string of the molecule is c1ccc(-c2ccc(-c3cccc4c3Cc3ccccc3-4)cc2)cc1. The van der Waals surface area contributed by atoms with Crippen LogP contribution in [0.2, 0.25) is 0 Å². The van der Waals surface area contributed by atoms with Gasteiger partial charge in [-0.25, -0.2) is 0 Å². The fourth-order valence-corrected chi connectivity index (χ4v) is 3.90. The summed E-state index contributed by atoms with van der Waals surface area (Å²) in [5, 5.41) is 0. The fourth-order valence-electron chi connectivity index (χ4n) is 3.90. The molecule has 1 aliphatic rings. The highest BCUT2D eigenvalue weighted by molar-refractivity contribution is 5.85. The number of fused-ring (bicyclic) bond motifs is 3. The van der Waals surface area contributed by atoms with Crippen LogP contribution >= 0.6 is 0 Å². The van der Waals surface area contributed by atoms with Crippen LogP contribution in [0.3, 0.4) is 0 Å². The highest BCUT2D eigenvalue weighted by Gasteiger charge is 2.20. The minimum absolute atomic E-state index is 1.03. The average Bonchev–Trinajstić information content (AvgIpc) is 3.08. The van der Waals surface area contributed by atoms with Crippen molar-refractivity contribution in [3.8, 4) is 33.4 Å². The van der Waals surface area contributed by atoms with Crippen LogP contribution in [0.25, 0.3) is 33.4 Å². The van der Waals surface area contributed by atoms with Gasteiger partial charge < -0.3 is 0 Å². The summed E-state index contributed by atoms with van der Waals surface area (Å²) in [5.74, 6) is 0. The zero-order valence-electron chi connectivity index (χ0n) is 13.9. The predicted molar refractivity (Wildman–Crippen MR) is 106 cm³/mol. The highest BCUT2D eigenvalue weighted by Crippen LogP contribution is 2.41. The van der Waals surface area contributed by atoms with Gasteiger partial charge in [0.2, 0.25) is 0 Å². The molecule has 118 valence electrons. The quantitative estimate of drug-likeness (QED) is 0.344. The molecule has 0 fully saturated rings. The Labute approximate surface area is 148 Å². The van der Waals surface area contributed by atoms with Crippen LogP contribution in [0.15, 0.2) is 97.1 Å². The average molecular weight is 318 g/mol. The van der Waals surface area contributed by atoms with E-state index in [9.17, 15) is 0 Å². The van der Waals surface area contributed by atoms with E-state index in [1.54, 1.807) is 0 Å². The van der Waals surface area contributed by atoms with Crippen LogP contribution in [0.4, 0.5) is 0 Å². The van der Waals surface area contributed by atoms with Gasteiger partial charge in [-0.05, 0) is 50.9 Å². The topological polar surface area (TPSA) is 0 Å². The van der Waals surface area contributed by atoms with E-state index in [4.69, 9.17) is 0 Å². The summed E-state index contributed by atoms with van der Waals surface area (Å²) in [7, 11) is 0. The van der Waals surface area contributed by atoms with Gasteiger partial charge in [0.25, 0.3) is 0 Å². The lowest BCUT2D eigenvalue weighted by atomic mass is 9.94. The molecule has 0 nitrogen and oxygen atoms in total. The third kappa shape index (κ3) is 2.38. The van der Waals surface area contributed by atoms with Crippen molar-refractivity contribution in [1.82, 2.24) is 0 Å². The van der Waals surface area contributed by atoms with E-state index in [0.717, 1.165) is 6.42 Å². The zero-order valence-corrected chi connectivity index (χ0v) is 13.9. The number of hydrogen-bond acceptors (Lipinski definition) is 0. The van der Waals surface area contributed by atoms with Crippen molar-refractivity contribution in [2.75, 3.05) is 0 Å². The summed E-state index contributed by atoms with van der Waals surface area (Å²) in [4.78, 5) is 0. The first-order valence-electron chi connectivity index (χ1n) is 8.76. The molecule has 0 radical (unpaired) electrons. The van der Waals surface area contributed by atoms with Crippen molar-refractivity contribution in [3.05, 3.63) is 108 Å². The largest absolute Gasteiger partial charge is 0.0622 e. The van der Waals surface area contributed by atoms with E-state index in [0.29, 0.717) is 0 Å². The van der Waals surface area contributed by atoms with Gasteiger partial charge in [0, 0.05) is 0 Å². The van der Waals surface area contributed by atoms with Crippen LogP contribution in [0, 0.1) is 0 Å². The Morgan fingerprint density at radius 3 is 1.84 bits per heavy atom. The zero-order chi connectivity index (χ0) is 16.6. The molecule has 0 saturated heterocycles. The first kappa shape index (κ1) is 14.2. The molecule has 4 aromatic rings. The van der Waals surface area contributed by atoms with Crippen LogP contribution in [-0.2, 0) is 6.42 Å². The Morgan fingerprint density at radius 1 is 0.400 bits per heavy atom. The van der Waals surface area contributed by atoms with Gasteiger partial charge in [0.1, 0.15) is 0 Å². The third-order valence-corrected chi connectivity index (χ3v) is 5.15. The molecule has 0 amide bonds. The van der Waals surface area contributed by atoms with Crippen molar-refractivity contribution in [3.63, 3.8) is 0 Å². The van der Waals surface area contributed by atoms with Crippen LogP contribution in [0.5, 0.6) is 0 Å². The second kappa shape index (κ2) is 5.75. The van der Waals surface area contributed by atoms with Gasteiger partial charge in [-0.15, -0.1) is 0 Å². The van der Waals surface area contributed by atoms with Crippen LogP contribution in [0.1, 0.15) is 11.1 Å². The van der Waals surface area contributed by atoms with Crippen molar-refractivity contribution in [2.45, 2.75) is 6.42 Å². The van der Waals surface area contributed by atoms with Crippen LogP contribution < -0.4 is 0 Å². The molecule has 0 aliphatic heterocycles. The molecule has 0 unspecified atom stereocenters. The van der Waals surface area contributed by atoms with Crippen molar-refractivity contribution >= 4 is 0 Å². The Balaban J connectivity index is 1.57. The molecule has 1 aliphatic carbocycles. The monoisotopic (exact) mass is 318 g/mol. The standard InChI is InChI=1S/C25H18/c1-2-7-18(8-3-1)19-13-15-20(16-14-19)22-11-6-12-24-23-10-5-4-9-21(23)17-25(22)24/h1-16H,17H2. The molecular formula is C25H18. The van der Waals surface area contributed by atoms with Crippen molar-refractivity contribution in [2.24, 2.45) is 0 Å². The number of hydrogen-bond donors (Lipinski definition) is 0. The molecule has 0 saturated carbocycles. The van der Waals surface area contributed by atoms with Gasteiger partial charge in [-0.3, -0.25) is 0 Å². The molecule has 0 aromatic heterocycles. The van der Waals surface area contributed by atoms with Crippen LogP contribution in [-0.4, -0.2) is 0 Å². The fraction of sp³-hybridized carbons (Fsp3) is 0.0400. The first-order chi connectivity index (χ1) is 12.4. The Morgan fingerprint density at radius 2 is 1.00 bits per heavy atom. The number of benzene rings is 4. The maximum absolute atomic E-state index is 2.25. The Bertz CT molecular complexity index is 1040. The smallest absolute Gasteiger partial charge is 0.000729 e. The minimum atomic E-state index is 1.03. The van der Waals surface area contributed by atoms with E-state index in [2.05, 4.69) is 97.1 Å². The molecule has 0 N–H and O–H groups in total. The van der Waals surface area contributed by atoms with E-state index in [1.807, 2.05) is 0 Å². The minimum Gasteiger partial charge on any atom is -0.0622 e. The van der Waals surface area contributed by atoms with E-state index >= 15 is 0 Å². The molecule has 0 heteroatoms. The summed E-state index contributed by atoms with van der Waals surface area (Å²) in [6.45, 7) is 0. The molecule has 0 heterocycles. The summed E-state index contributed by atoms with van der Waals surface area (Å²) in [6.07, 6.45) is 1.03. The molecule has 5 rings (SSSR count). The van der Waals surface area contributed by atoms with E-state index in [-0.39, 0.29) is 0 Å². The summed E-state index contributed by atoms with van der Waals surface area (Å²) < 4.78 is 0. The van der Waals surface area contributed by atoms with Crippen molar-refractivity contribution in [1.29, 1.82) is 0 Å². The first-order valence-corrected chi connectivity index (χ1v) is 8.76. The molecule has 0 bridgehead atoms. The summed E-state index contributed by atoms with van der Waals surface area (Å²) >= 11 is 0. The lowest BCUT2D eigenvalue weighted by Crippen LogP contribution is -1.88. The normalized spacial score (nSPS) is 11.8. The van der Waals surface area contributed by atoms with Gasteiger partial charge >= 0.3 is 0 Å². The van der Waals surface area contributed by atoms with E-state index < -0.39 is 0 Å². The Kier molecular flexibility index (Phi) is 3.28. The van der Waals surface area contributed by atoms with Gasteiger partial charge in [-0.1, -0.05) is 97.1 Å². The molecule has 0 atom stereocenters. The highest BCUT2D eigenvalue weighted by atomic mass is 14.2. The Hall–Kier alpha value is -3.12. The van der Waals surface area contributed by atoms with Crippen molar-refractivity contribution < 1.29 is 0 Å². The third-order valence-electron chi connectivity index (χ3n) is 5.15. The maximum Gasteiger partial charge on any atom is -0.000729 e. The van der Waals surface area contributed by atoms with Gasteiger partial charge in [0.05, 0.1) is 0 Å². The molecular weight excluding hydrogens is 300 g/mol. The lowest BCUT2D eigenvalue weighted by Gasteiger charge is -2.10. The second-order valence-corrected chi connectivity index (χ2v) is 6.61. The number of rotatable bonds is 2. The van der Waals surface area contributed by atoms with Gasteiger partial charge in [0.15, 0.2) is 0 Å². The molecule has 4 aromatic carbocycles. The van der Waals surface area contributed by atoms with Gasteiger partial charge in [-0.2, -0.15) is 0 Å². The maximum atomic E-state index is 2.25. The summed E-state index contributed by atoms with van der Waals surface area (Å²) in [6, 6.07) is 35.0. The summed E-state index contributed by atoms with van der Waals surface area (Å²) in [5.41, 5.74) is 10.8. The second-order valence-electron chi connectivity index (χ2n) is 6.61.